The van der Waals surface area contributed by atoms with Crippen molar-refractivity contribution in [1.29, 1.82) is 0 Å². The van der Waals surface area contributed by atoms with Crippen LogP contribution in [0.15, 0.2) is 40.0 Å². The van der Waals surface area contributed by atoms with Gasteiger partial charge in [-0.15, -0.1) is 23.1 Å². The molecular weight excluding hydrogens is 364 g/mol. The summed E-state index contributed by atoms with van der Waals surface area (Å²) in [5, 5.41) is 5.77. The van der Waals surface area contributed by atoms with Gasteiger partial charge in [-0.1, -0.05) is 32.0 Å². The van der Waals surface area contributed by atoms with Gasteiger partial charge in [0.25, 0.3) is 5.56 Å². The van der Waals surface area contributed by atoms with E-state index in [0.717, 1.165) is 39.4 Å². The molecule has 0 fully saturated rings. The molecule has 1 aliphatic rings. The third kappa shape index (κ3) is 2.90. The molecule has 6 heteroatoms. The van der Waals surface area contributed by atoms with Crippen LogP contribution >= 0.6 is 23.1 Å². The first-order valence-electron chi connectivity index (χ1n) is 8.96. The summed E-state index contributed by atoms with van der Waals surface area (Å²) in [4.78, 5) is 16.2. The molecule has 0 radical (unpaired) electrons. The zero-order valence-electron chi connectivity index (χ0n) is 15.2. The van der Waals surface area contributed by atoms with E-state index in [2.05, 4.69) is 20.8 Å². The molecule has 3 aromatic rings. The van der Waals surface area contributed by atoms with E-state index in [0.29, 0.717) is 6.61 Å². The fraction of sp³-hybridized carbons (Fsp3) is 0.400. The number of ether oxygens (including phenoxy) is 1. The van der Waals surface area contributed by atoms with Crippen molar-refractivity contribution in [1.82, 2.24) is 9.78 Å². The highest BCUT2D eigenvalue weighted by Crippen LogP contribution is 2.42. The summed E-state index contributed by atoms with van der Waals surface area (Å²) in [5.74, 6) is 0.856. The Morgan fingerprint density at radius 3 is 2.77 bits per heavy atom. The monoisotopic (exact) mass is 386 g/mol. The number of fused-ring (bicyclic) bond motifs is 3. The van der Waals surface area contributed by atoms with Crippen molar-refractivity contribution in [2.24, 2.45) is 0 Å². The van der Waals surface area contributed by atoms with Crippen LogP contribution in [-0.2, 0) is 17.8 Å². The van der Waals surface area contributed by atoms with Crippen molar-refractivity contribution in [3.05, 3.63) is 51.1 Å². The molecular formula is C20H22N2O2S2. The molecule has 26 heavy (non-hydrogen) atoms. The predicted octanol–water partition coefficient (Wildman–Crippen LogP) is 4.80. The van der Waals surface area contributed by atoms with Crippen LogP contribution in [0.5, 0.6) is 0 Å². The van der Waals surface area contributed by atoms with Gasteiger partial charge in [-0.2, -0.15) is 9.78 Å². The van der Waals surface area contributed by atoms with Gasteiger partial charge in [0.1, 0.15) is 4.83 Å². The second kappa shape index (κ2) is 6.83. The van der Waals surface area contributed by atoms with Crippen LogP contribution in [0.2, 0.25) is 0 Å². The normalized spacial score (nSPS) is 19.7. The first-order valence-corrected chi connectivity index (χ1v) is 10.8. The molecule has 0 bridgehead atoms. The van der Waals surface area contributed by atoms with Crippen LogP contribution in [0.3, 0.4) is 0 Å². The second-order valence-corrected chi connectivity index (χ2v) is 9.13. The van der Waals surface area contributed by atoms with Crippen molar-refractivity contribution < 1.29 is 4.74 Å². The maximum absolute atomic E-state index is 13.2. The molecule has 136 valence electrons. The van der Waals surface area contributed by atoms with Gasteiger partial charge in [0.15, 0.2) is 0 Å². The molecule has 4 rings (SSSR count). The number of hydrogen-bond donors (Lipinski definition) is 0. The van der Waals surface area contributed by atoms with Crippen LogP contribution in [0.1, 0.15) is 37.6 Å². The molecule has 1 aliphatic heterocycles. The van der Waals surface area contributed by atoms with Crippen molar-refractivity contribution in [2.45, 2.75) is 50.7 Å². The maximum atomic E-state index is 13.2. The number of hydrogen-bond acceptors (Lipinski definition) is 5. The Bertz CT molecular complexity index is 1010. The summed E-state index contributed by atoms with van der Waals surface area (Å²) >= 11 is 3.28. The Morgan fingerprint density at radius 1 is 1.31 bits per heavy atom. The van der Waals surface area contributed by atoms with Crippen molar-refractivity contribution >= 4 is 33.3 Å². The lowest BCUT2D eigenvalue weighted by atomic mass is 9.90. The van der Waals surface area contributed by atoms with Crippen molar-refractivity contribution in [3.8, 4) is 5.69 Å². The molecule has 3 heterocycles. The Balaban J connectivity index is 1.98. The Hall–Kier alpha value is -1.63. The second-order valence-electron chi connectivity index (χ2n) is 6.77. The molecule has 0 spiro atoms. The largest absolute Gasteiger partial charge is 0.369 e. The minimum atomic E-state index is -0.163. The lowest BCUT2D eigenvalue weighted by Gasteiger charge is -2.33. The molecule has 1 atom stereocenters. The Labute approximate surface area is 161 Å². The van der Waals surface area contributed by atoms with Gasteiger partial charge in [-0.25, -0.2) is 0 Å². The summed E-state index contributed by atoms with van der Waals surface area (Å²) in [6.45, 7) is 7.00. The van der Waals surface area contributed by atoms with Gasteiger partial charge in [-0.05, 0) is 36.8 Å². The molecule has 0 amide bonds. The van der Waals surface area contributed by atoms with Gasteiger partial charge in [0, 0.05) is 16.7 Å². The minimum Gasteiger partial charge on any atom is -0.369 e. The number of aromatic nitrogens is 2. The fourth-order valence-corrected chi connectivity index (χ4v) is 5.39. The van der Waals surface area contributed by atoms with Gasteiger partial charge >= 0.3 is 0 Å². The summed E-state index contributed by atoms with van der Waals surface area (Å²) in [7, 11) is 0. The highest BCUT2D eigenvalue weighted by atomic mass is 32.2. The summed E-state index contributed by atoms with van der Waals surface area (Å²) < 4.78 is 7.65. The zero-order valence-corrected chi connectivity index (χ0v) is 16.9. The van der Waals surface area contributed by atoms with Gasteiger partial charge in [-0.3, -0.25) is 4.79 Å². The molecule has 0 N–H and O–H groups in total. The first-order chi connectivity index (χ1) is 12.6. The summed E-state index contributed by atoms with van der Waals surface area (Å²) in [6, 6.07) is 9.65. The molecule has 4 nitrogen and oxygen atoms in total. The first kappa shape index (κ1) is 17.8. The Morgan fingerprint density at radius 2 is 2.08 bits per heavy atom. The Kier molecular flexibility index (Phi) is 4.67. The van der Waals surface area contributed by atoms with Crippen molar-refractivity contribution in [3.63, 3.8) is 0 Å². The molecule has 1 aromatic carbocycles. The van der Waals surface area contributed by atoms with Crippen LogP contribution < -0.4 is 5.56 Å². The van der Waals surface area contributed by atoms with E-state index in [1.807, 2.05) is 30.3 Å². The van der Waals surface area contributed by atoms with E-state index < -0.39 is 0 Å². The van der Waals surface area contributed by atoms with Crippen LogP contribution in [0, 0.1) is 0 Å². The lowest BCUT2D eigenvalue weighted by Crippen LogP contribution is -2.34. The number of thiophene rings is 1. The topological polar surface area (TPSA) is 44.1 Å². The summed E-state index contributed by atoms with van der Waals surface area (Å²) in [5.41, 5.74) is 1.88. The van der Waals surface area contributed by atoms with Gasteiger partial charge in [0.2, 0.25) is 0 Å². The highest BCUT2D eigenvalue weighted by molar-refractivity contribution is 7.99. The number of benzene rings is 1. The van der Waals surface area contributed by atoms with Crippen LogP contribution in [-0.4, -0.2) is 21.1 Å². The molecule has 0 saturated carbocycles. The van der Waals surface area contributed by atoms with Crippen molar-refractivity contribution in [2.75, 3.05) is 5.75 Å². The lowest BCUT2D eigenvalue weighted by molar-refractivity contribution is -0.0543. The maximum Gasteiger partial charge on any atom is 0.285 e. The van der Waals surface area contributed by atoms with E-state index in [4.69, 9.17) is 9.84 Å². The third-order valence-electron chi connectivity index (χ3n) is 5.02. The average Bonchev–Trinajstić information content (AvgIpc) is 3.02. The number of nitrogens with zero attached hydrogens (tertiary/aromatic N) is 2. The molecule has 2 aromatic heterocycles. The quantitative estimate of drug-likeness (QED) is 0.604. The van der Waals surface area contributed by atoms with E-state index in [1.165, 1.54) is 10.4 Å². The van der Waals surface area contributed by atoms with E-state index in [9.17, 15) is 4.79 Å². The smallest absolute Gasteiger partial charge is 0.285 e. The highest BCUT2D eigenvalue weighted by Gasteiger charge is 2.33. The summed E-state index contributed by atoms with van der Waals surface area (Å²) in [6.07, 6.45) is 1.79. The SMILES string of the molecule is CCSc1c(=O)n(-c2ccccc2)nc2sc3c(c12)CC(C)(CC)OC3. The minimum absolute atomic E-state index is 0.0270. The van der Waals surface area contributed by atoms with Gasteiger partial charge < -0.3 is 4.74 Å². The molecule has 1 unspecified atom stereocenters. The zero-order chi connectivity index (χ0) is 18.3. The van der Waals surface area contributed by atoms with Crippen LogP contribution in [0.25, 0.3) is 15.9 Å². The number of rotatable bonds is 4. The standard InChI is InChI=1S/C20H22N2O2S2/c1-4-20(3)11-14-15(12-24-20)26-18-16(14)17(25-5-2)19(23)22(21-18)13-9-7-6-8-10-13/h6-10H,4-5,11-12H2,1-3H3. The average molecular weight is 387 g/mol. The van der Waals surface area contributed by atoms with Gasteiger partial charge in [0.05, 0.1) is 22.8 Å². The third-order valence-corrected chi connectivity index (χ3v) is 7.06. The van der Waals surface area contributed by atoms with E-state index in [-0.39, 0.29) is 11.2 Å². The molecule has 0 saturated heterocycles. The molecule has 0 aliphatic carbocycles. The van der Waals surface area contributed by atoms with E-state index >= 15 is 0 Å². The van der Waals surface area contributed by atoms with Crippen LogP contribution in [0.4, 0.5) is 0 Å². The fourth-order valence-electron chi connectivity index (χ4n) is 3.36. The number of thioether (sulfide) groups is 1. The van der Waals surface area contributed by atoms with E-state index in [1.54, 1.807) is 27.8 Å². The number of para-hydroxylation sites is 1. The predicted molar refractivity (Wildman–Crippen MR) is 109 cm³/mol.